The van der Waals surface area contributed by atoms with Crippen LogP contribution >= 0.6 is 0 Å². The molecule has 0 aliphatic carbocycles. The summed E-state index contributed by atoms with van der Waals surface area (Å²) < 4.78 is 7.75. The van der Waals surface area contributed by atoms with Crippen LogP contribution in [-0.4, -0.2) is 25.3 Å². The molecular formula is C14H20N2O. The normalized spacial score (nSPS) is 11.0. The summed E-state index contributed by atoms with van der Waals surface area (Å²) in [5.74, 6) is 0.973. The van der Waals surface area contributed by atoms with Crippen LogP contribution in [0.3, 0.4) is 0 Å². The maximum atomic E-state index is 5.47. The molecule has 0 amide bonds. The van der Waals surface area contributed by atoms with Crippen molar-refractivity contribution < 1.29 is 4.74 Å². The number of aromatic nitrogens is 1. The number of fused-ring (bicyclic) bond motifs is 1. The Morgan fingerprint density at radius 2 is 2.18 bits per heavy atom. The SMILES string of the molecule is CCn1cc(CCNC)c2c(OC)cccc21. The fourth-order valence-corrected chi connectivity index (χ4v) is 2.28. The first-order valence-corrected chi connectivity index (χ1v) is 6.11. The van der Waals surface area contributed by atoms with Crippen LogP contribution in [0.5, 0.6) is 5.75 Å². The third-order valence-corrected chi connectivity index (χ3v) is 3.15. The lowest BCUT2D eigenvalue weighted by atomic mass is 10.1. The van der Waals surface area contributed by atoms with Crippen molar-refractivity contribution in [1.82, 2.24) is 9.88 Å². The van der Waals surface area contributed by atoms with Crippen molar-refractivity contribution in [3.05, 3.63) is 30.0 Å². The van der Waals surface area contributed by atoms with Crippen LogP contribution in [0.15, 0.2) is 24.4 Å². The minimum atomic E-state index is 0.973. The van der Waals surface area contributed by atoms with E-state index in [9.17, 15) is 0 Å². The van der Waals surface area contributed by atoms with Gasteiger partial charge < -0.3 is 14.6 Å². The van der Waals surface area contributed by atoms with Crippen LogP contribution in [0.1, 0.15) is 12.5 Å². The first-order chi connectivity index (χ1) is 8.31. The predicted molar refractivity (Wildman–Crippen MR) is 71.8 cm³/mol. The second kappa shape index (κ2) is 5.23. The Hall–Kier alpha value is -1.48. The third kappa shape index (κ3) is 2.15. The van der Waals surface area contributed by atoms with E-state index < -0.39 is 0 Å². The van der Waals surface area contributed by atoms with E-state index in [1.54, 1.807) is 7.11 Å². The van der Waals surface area contributed by atoms with E-state index in [0.717, 1.165) is 25.3 Å². The first-order valence-electron chi connectivity index (χ1n) is 6.11. The number of hydrogen-bond acceptors (Lipinski definition) is 2. The van der Waals surface area contributed by atoms with E-state index in [4.69, 9.17) is 4.74 Å². The van der Waals surface area contributed by atoms with E-state index in [0.29, 0.717) is 0 Å². The summed E-state index contributed by atoms with van der Waals surface area (Å²) >= 11 is 0. The van der Waals surface area contributed by atoms with Crippen LogP contribution in [0.25, 0.3) is 10.9 Å². The lowest BCUT2D eigenvalue weighted by Gasteiger charge is -2.05. The van der Waals surface area contributed by atoms with Gasteiger partial charge in [-0.25, -0.2) is 0 Å². The van der Waals surface area contributed by atoms with Gasteiger partial charge in [-0.1, -0.05) is 6.07 Å². The van der Waals surface area contributed by atoms with Gasteiger partial charge in [0.05, 0.1) is 12.6 Å². The van der Waals surface area contributed by atoms with Gasteiger partial charge in [0, 0.05) is 18.1 Å². The summed E-state index contributed by atoms with van der Waals surface area (Å²) in [4.78, 5) is 0. The zero-order valence-corrected chi connectivity index (χ0v) is 10.8. The molecule has 2 aromatic rings. The molecule has 0 radical (unpaired) electrons. The van der Waals surface area contributed by atoms with Crippen LogP contribution in [0, 0.1) is 0 Å². The standard InChI is InChI=1S/C14H20N2O/c1-4-16-10-11(8-9-15-2)14-12(16)6-5-7-13(14)17-3/h5-7,10,15H,4,8-9H2,1-3H3. The predicted octanol–water partition coefficient (Wildman–Crippen LogP) is 2.43. The van der Waals surface area contributed by atoms with E-state index in [1.165, 1.54) is 16.5 Å². The number of ether oxygens (including phenoxy) is 1. The van der Waals surface area contributed by atoms with E-state index in [2.05, 4.69) is 35.1 Å². The van der Waals surface area contributed by atoms with Gasteiger partial charge in [0.1, 0.15) is 5.75 Å². The minimum absolute atomic E-state index is 0.973. The molecule has 1 N–H and O–H groups in total. The van der Waals surface area contributed by atoms with Gasteiger partial charge in [0.2, 0.25) is 0 Å². The second-order valence-corrected chi connectivity index (χ2v) is 4.15. The Balaban J connectivity index is 2.57. The highest BCUT2D eigenvalue weighted by Crippen LogP contribution is 2.30. The third-order valence-electron chi connectivity index (χ3n) is 3.15. The topological polar surface area (TPSA) is 26.2 Å². The van der Waals surface area contributed by atoms with Crippen molar-refractivity contribution in [2.45, 2.75) is 19.9 Å². The van der Waals surface area contributed by atoms with Gasteiger partial charge >= 0.3 is 0 Å². The highest BCUT2D eigenvalue weighted by molar-refractivity contribution is 5.90. The van der Waals surface area contributed by atoms with E-state index in [-0.39, 0.29) is 0 Å². The van der Waals surface area contributed by atoms with Gasteiger partial charge in [0.25, 0.3) is 0 Å². The van der Waals surface area contributed by atoms with Crippen LogP contribution < -0.4 is 10.1 Å². The molecule has 3 nitrogen and oxygen atoms in total. The molecule has 17 heavy (non-hydrogen) atoms. The quantitative estimate of drug-likeness (QED) is 0.857. The molecule has 92 valence electrons. The van der Waals surface area contributed by atoms with Crippen molar-refractivity contribution in [2.75, 3.05) is 20.7 Å². The summed E-state index contributed by atoms with van der Waals surface area (Å²) in [6.45, 7) is 4.14. The largest absolute Gasteiger partial charge is 0.496 e. The molecule has 0 atom stereocenters. The fraction of sp³-hybridized carbons (Fsp3) is 0.429. The van der Waals surface area contributed by atoms with Gasteiger partial charge in [-0.15, -0.1) is 0 Å². The molecule has 0 saturated carbocycles. The maximum absolute atomic E-state index is 5.47. The average Bonchev–Trinajstić information content (AvgIpc) is 2.74. The molecular weight excluding hydrogens is 212 g/mol. The van der Waals surface area contributed by atoms with E-state index in [1.807, 2.05) is 13.1 Å². The molecule has 0 aliphatic rings. The lowest BCUT2D eigenvalue weighted by molar-refractivity contribution is 0.419. The van der Waals surface area contributed by atoms with Crippen molar-refractivity contribution in [3.8, 4) is 5.75 Å². The van der Waals surface area contributed by atoms with Gasteiger partial charge in [-0.3, -0.25) is 0 Å². The molecule has 1 aromatic carbocycles. The summed E-state index contributed by atoms with van der Waals surface area (Å²) in [7, 11) is 3.72. The number of benzene rings is 1. The molecule has 1 aromatic heterocycles. The number of rotatable bonds is 5. The van der Waals surface area contributed by atoms with Crippen molar-refractivity contribution in [2.24, 2.45) is 0 Å². The highest BCUT2D eigenvalue weighted by Gasteiger charge is 2.11. The van der Waals surface area contributed by atoms with Gasteiger partial charge in [-0.05, 0) is 44.6 Å². The van der Waals surface area contributed by atoms with Crippen LogP contribution in [0.2, 0.25) is 0 Å². The van der Waals surface area contributed by atoms with Crippen LogP contribution in [-0.2, 0) is 13.0 Å². The molecule has 0 saturated heterocycles. The van der Waals surface area contributed by atoms with E-state index >= 15 is 0 Å². The van der Waals surface area contributed by atoms with Crippen LogP contribution in [0.4, 0.5) is 0 Å². The number of methoxy groups -OCH3 is 1. The number of hydrogen-bond donors (Lipinski definition) is 1. The molecule has 0 bridgehead atoms. The zero-order chi connectivity index (χ0) is 12.3. The zero-order valence-electron chi connectivity index (χ0n) is 10.8. The summed E-state index contributed by atoms with van der Waals surface area (Å²) in [5, 5.41) is 4.45. The minimum Gasteiger partial charge on any atom is -0.496 e. The Kier molecular flexibility index (Phi) is 3.69. The Bertz CT molecular complexity index is 502. The monoisotopic (exact) mass is 232 g/mol. The van der Waals surface area contributed by atoms with Crippen molar-refractivity contribution in [3.63, 3.8) is 0 Å². The van der Waals surface area contributed by atoms with Gasteiger partial charge in [0.15, 0.2) is 0 Å². The van der Waals surface area contributed by atoms with Crippen molar-refractivity contribution in [1.29, 1.82) is 0 Å². The molecule has 1 heterocycles. The molecule has 3 heteroatoms. The van der Waals surface area contributed by atoms with Crippen molar-refractivity contribution >= 4 is 10.9 Å². The fourth-order valence-electron chi connectivity index (χ4n) is 2.28. The number of aryl methyl sites for hydroxylation is 1. The molecule has 0 spiro atoms. The Morgan fingerprint density at radius 3 is 2.82 bits per heavy atom. The Morgan fingerprint density at radius 1 is 1.35 bits per heavy atom. The molecule has 0 aliphatic heterocycles. The molecule has 2 rings (SSSR count). The highest BCUT2D eigenvalue weighted by atomic mass is 16.5. The maximum Gasteiger partial charge on any atom is 0.128 e. The smallest absolute Gasteiger partial charge is 0.128 e. The number of likely N-dealkylation sites (N-methyl/N-ethyl adjacent to an activating group) is 1. The summed E-state index contributed by atoms with van der Waals surface area (Å²) in [6.07, 6.45) is 3.27. The summed E-state index contributed by atoms with van der Waals surface area (Å²) in [6, 6.07) is 6.24. The summed E-state index contributed by atoms with van der Waals surface area (Å²) in [5.41, 5.74) is 2.62. The molecule has 0 unspecified atom stereocenters. The second-order valence-electron chi connectivity index (χ2n) is 4.15. The average molecular weight is 232 g/mol. The Labute approximate surface area is 102 Å². The number of nitrogens with zero attached hydrogens (tertiary/aromatic N) is 1. The van der Waals surface area contributed by atoms with Gasteiger partial charge in [-0.2, -0.15) is 0 Å². The number of nitrogens with one attached hydrogen (secondary N) is 1. The first kappa shape index (κ1) is 12.0. The molecule has 0 fully saturated rings. The lowest BCUT2D eigenvalue weighted by Crippen LogP contribution is -2.10.